The van der Waals surface area contributed by atoms with Gasteiger partial charge in [-0.05, 0) is 44.5 Å². The number of benzene rings is 1. The second-order valence-corrected chi connectivity index (χ2v) is 7.21. The average Bonchev–Trinajstić information content (AvgIpc) is 3.38. The monoisotopic (exact) mass is 389 g/mol. The van der Waals surface area contributed by atoms with Crippen molar-refractivity contribution < 1.29 is 4.79 Å². The molecule has 1 aromatic carbocycles. The standard InChI is InChI=1S/C21H23N7O/c1-3-28-17-7-5-4-6-16(17)25-19(28)15(10-22)18-13(2)11-24-21(26-18)27-20(29)14-8-9-23-12-14/h4-7,11,14-15,23H,3,8-9,12H2,1-2H3,(H,24,26,27,29). The number of para-hydroxylation sites is 2. The predicted molar refractivity (Wildman–Crippen MR) is 109 cm³/mol. The molecule has 8 heteroatoms. The Morgan fingerprint density at radius 1 is 1.41 bits per heavy atom. The van der Waals surface area contributed by atoms with Crippen molar-refractivity contribution in [2.24, 2.45) is 5.92 Å². The van der Waals surface area contributed by atoms with Gasteiger partial charge in [0.2, 0.25) is 11.9 Å². The summed E-state index contributed by atoms with van der Waals surface area (Å²) >= 11 is 0. The highest BCUT2D eigenvalue weighted by Gasteiger charge is 2.26. The Kier molecular flexibility index (Phi) is 5.23. The van der Waals surface area contributed by atoms with Gasteiger partial charge in [0.15, 0.2) is 0 Å². The maximum atomic E-state index is 12.4. The van der Waals surface area contributed by atoms with E-state index in [0.717, 1.165) is 29.6 Å². The van der Waals surface area contributed by atoms with Gasteiger partial charge in [-0.3, -0.25) is 10.1 Å². The lowest BCUT2D eigenvalue weighted by Crippen LogP contribution is -2.26. The molecule has 8 nitrogen and oxygen atoms in total. The number of nitriles is 1. The first-order valence-corrected chi connectivity index (χ1v) is 9.82. The van der Waals surface area contributed by atoms with E-state index < -0.39 is 5.92 Å². The van der Waals surface area contributed by atoms with Crippen molar-refractivity contribution in [1.82, 2.24) is 24.8 Å². The molecule has 1 aliphatic heterocycles. The van der Waals surface area contributed by atoms with Crippen LogP contribution >= 0.6 is 0 Å². The zero-order valence-electron chi connectivity index (χ0n) is 16.5. The Bertz CT molecular complexity index is 1090. The van der Waals surface area contributed by atoms with Gasteiger partial charge in [-0.25, -0.2) is 15.0 Å². The van der Waals surface area contributed by atoms with Gasteiger partial charge < -0.3 is 9.88 Å². The van der Waals surface area contributed by atoms with Crippen LogP contribution in [0.1, 0.15) is 36.3 Å². The smallest absolute Gasteiger partial charge is 0.231 e. The number of aromatic nitrogens is 4. The molecule has 1 aliphatic rings. The van der Waals surface area contributed by atoms with Crippen molar-refractivity contribution >= 4 is 22.9 Å². The minimum atomic E-state index is -0.658. The molecule has 0 saturated carbocycles. The third-order valence-corrected chi connectivity index (χ3v) is 5.34. The third kappa shape index (κ3) is 3.57. The van der Waals surface area contributed by atoms with Crippen LogP contribution < -0.4 is 10.6 Å². The maximum absolute atomic E-state index is 12.4. The van der Waals surface area contributed by atoms with Gasteiger partial charge in [0.1, 0.15) is 11.7 Å². The number of anilines is 1. The molecule has 4 rings (SSSR count). The Morgan fingerprint density at radius 3 is 2.97 bits per heavy atom. The quantitative estimate of drug-likeness (QED) is 0.693. The molecule has 2 N–H and O–H groups in total. The second-order valence-electron chi connectivity index (χ2n) is 7.21. The molecular formula is C21H23N7O. The van der Waals surface area contributed by atoms with E-state index in [0.29, 0.717) is 24.6 Å². The topological polar surface area (TPSA) is 109 Å². The van der Waals surface area contributed by atoms with Crippen molar-refractivity contribution in [2.75, 3.05) is 18.4 Å². The summed E-state index contributed by atoms with van der Waals surface area (Å²) in [4.78, 5) is 25.9. The molecule has 3 aromatic rings. The van der Waals surface area contributed by atoms with Gasteiger partial charge in [-0.1, -0.05) is 12.1 Å². The first-order chi connectivity index (χ1) is 14.1. The van der Waals surface area contributed by atoms with E-state index >= 15 is 0 Å². The van der Waals surface area contributed by atoms with E-state index in [1.54, 1.807) is 6.20 Å². The summed E-state index contributed by atoms with van der Waals surface area (Å²) in [5.74, 6) is 0.0323. The van der Waals surface area contributed by atoms with E-state index in [-0.39, 0.29) is 17.8 Å². The Balaban J connectivity index is 1.71. The van der Waals surface area contributed by atoms with Crippen molar-refractivity contribution in [1.29, 1.82) is 5.26 Å². The number of aryl methyl sites for hydroxylation is 2. The minimum Gasteiger partial charge on any atom is -0.327 e. The number of rotatable bonds is 5. The Hall–Kier alpha value is -3.31. The van der Waals surface area contributed by atoms with E-state index in [2.05, 4.69) is 26.7 Å². The molecule has 2 atom stereocenters. The lowest BCUT2D eigenvalue weighted by molar-refractivity contribution is -0.119. The van der Waals surface area contributed by atoms with Crippen LogP contribution in [0.25, 0.3) is 11.0 Å². The van der Waals surface area contributed by atoms with E-state index in [9.17, 15) is 10.1 Å². The minimum absolute atomic E-state index is 0.0839. The van der Waals surface area contributed by atoms with Crippen molar-refractivity contribution in [3.05, 3.63) is 47.5 Å². The number of carbonyl (C=O) groups is 1. The van der Waals surface area contributed by atoms with Crippen LogP contribution in [0.15, 0.2) is 30.5 Å². The van der Waals surface area contributed by atoms with Crippen molar-refractivity contribution in [3.63, 3.8) is 0 Å². The zero-order chi connectivity index (χ0) is 20.4. The molecule has 148 valence electrons. The molecule has 3 heterocycles. The maximum Gasteiger partial charge on any atom is 0.231 e. The molecular weight excluding hydrogens is 366 g/mol. The molecule has 0 radical (unpaired) electrons. The predicted octanol–water partition coefficient (Wildman–Crippen LogP) is 2.36. The highest BCUT2D eigenvalue weighted by Crippen LogP contribution is 2.28. The van der Waals surface area contributed by atoms with Gasteiger partial charge in [0.25, 0.3) is 0 Å². The highest BCUT2D eigenvalue weighted by molar-refractivity contribution is 5.91. The summed E-state index contributed by atoms with van der Waals surface area (Å²) in [7, 11) is 0. The lowest BCUT2D eigenvalue weighted by Gasteiger charge is -2.15. The van der Waals surface area contributed by atoms with Gasteiger partial charge >= 0.3 is 0 Å². The lowest BCUT2D eigenvalue weighted by atomic mass is 10.0. The summed E-state index contributed by atoms with van der Waals surface area (Å²) in [6.07, 6.45) is 2.44. The van der Waals surface area contributed by atoms with Crippen LogP contribution in [0.4, 0.5) is 5.95 Å². The molecule has 0 aliphatic carbocycles. The van der Waals surface area contributed by atoms with Crippen LogP contribution in [-0.2, 0) is 11.3 Å². The van der Waals surface area contributed by atoms with E-state index in [4.69, 9.17) is 4.98 Å². The number of fused-ring (bicyclic) bond motifs is 1. The molecule has 1 amide bonds. The second kappa shape index (κ2) is 7.97. The molecule has 1 saturated heterocycles. The number of amides is 1. The van der Waals surface area contributed by atoms with Crippen LogP contribution in [0.3, 0.4) is 0 Å². The molecule has 2 aromatic heterocycles. The number of nitrogens with one attached hydrogen (secondary N) is 2. The fourth-order valence-electron chi connectivity index (χ4n) is 3.79. The van der Waals surface area contributed by atoms with Gasteiger partial charge in [0.05, 0.1) is 28.7 Å². The summed E-state index contributed by atoms with van der Waals surface area (Å²) in [6.45, 7) is 6.08. The summed E-state index contributed by atoms with van der Waals surface area (Å²) in [5, 5.41) is 16.0. The average molecular weight is 389 g/mol. The normalized spacial score (nSPS) is 17.2. The van der Waals surface area contributed by atoms with Crippen LogP contribution in [0.2, 0.25) is 0 Å². The first kappa shape index (κ1) is 19.0. The van der Waals surface area contributed by atoms with Gasteiger partial charge in [0, 0.05) is 19.3 Å². The number of nitrogens with zero attached hydrogens (tertiary/aromatic N) is 5. The van der Waals surface area contributed by atoms with Crippen LogP contribution in [0.5, 0.6) is 0 Å². The molecule has 1 fully saturated rings. The number of hydrogen-bond acceptors (Lipinski definition) is 6. The fourth-order valence-corrected chi connectivity index (χ4v) is 3.79. The first-order valence-electron chi connectivity index (χ1n) is 9.82. The highest BCUT2D eigenvalue weighted by atomic mass is 16.2. The fraction of sp³-hybridized carbons (Fsp3) is 0.381. The SMILES string of the molecule is CCn1c(C(C#N)c2nc(NC(=O)C3CCNC3)ncc2C)nc2ccccc21. The molecule has 29 heavy (non-hydrogen) atoms. The number of hydrogen-bond donors (Lipinski definition) is 2. The Labute approximate surface area is 169 Å². The summed E-state index contributed by atoms with van der Waals surface area (Å²) in [6, 6.07) is 10.2. The zero-order valence-corrected chi connectivity index (χ0v) is 16.5. The molecule has 0 spiro atoms. The third-order valence-electron chi connectivity index (χ3n) is 5.34. The summed E-state index contributed by atoms with van der Waals surface area (Å²) in [5.41, 5.74) is 3.18. The van der Waals surface area contributed by atoms with Gasteiger partial charge in [-0.2, -0.15) is 5.26 Å². The van der Waals surface area contributed by atoms with Gasteiger partial charge in [-0.15, -0.1) is 0 Å². The number of carbonyl (C=O) groups excluding carboxylic acids is 1. The van der Waals surface area contributed by atoms with Crippen molar-refractivity contribution in [2.45, 2.75) is 32.7 Å². The summed E-state index contributed by atoms with van der Waals surface area (Å²) < 4.78 is 2.03. The Morgan fingerprint density at radius 2 is 2.24 bits per heavy atom. The molecule has 2 unspecified atom stereocenters. The van der Waals surface area contributed by atoms with Crippen LogP contribution in [0, 0.1) is 24.2 Å². The van der Waals surface area contributed by atoms with E-state index in [1.165, 1.54) is 0 Å². The molecule has 0 bridgehead atoms. The van der Waals surface area contributed by atoms with E-state index in [1.807, 2.05) is 42.7 Å². The largest absolute Gasteiger partial charge is 0.327 e. The number of imidazole rings is 1. The van der Waals surface area contributed by atoms with Crippen LogP contribution in [-0.4, -0.2) is 38.5 Å². The van der Waals surface area contributed by atoms with Crippen molar-refractivity contribution in [3.8, 4) is 6.07 Å².